The van der Waals surface area contributed by atoms with Crippen LogP contribution in [0, 0.1) is 0 Å². The van der Waals surface area contributed by atoms with E-state index in [2.05, 4.69) is 0 Å². The first-order valence-corrected chi connectivity index (χ1v) is 26.1. The first-order chi connectivity index (χ1) is 39.2. The summed E-state index contributed by atoms with van der Waals surface area (Å²) in [5, 5.41) is 270. The second kappa shape index (κ2) is 34.0. The molecule has 0 aromatic carbocycles. The van der Waals surface area contributed by atoms with Gasteiger partial charge in [-0.05, 0) is 19.9 Å². The van der Waals surface area contributed by atoms with E-state index < -0.39 is 253 Å². The highest BCUT2D eigenvalue weighted by molar-refractivity contribution is 5.13. The fourth-order valence-electron chi connectivity index (χ4n) is 8.92. The van der Waals surface area contributed by atoms with Crippen LogP contribution < -0.4 is 0 Å². The summed E-state index contributed by atoms with van der Waals surface area (Å²) < 4.78 is 48.4. The van der Waals surface area contributed by atoms with Crippen LogP contribution in [0.2, 0.25) is 0 Å². The first-order valence-electron chi connectivity index (χ1n) is 26.1. The molecule has 0 amide bonds. The Morgan fingerprint density at radius 3 is 1.07 bits per heavy atom. The van der Waals surface area contributed by atoms with Crippen LogP contribution >= 0.6 is 0 Å². The molecule has 0 aliphatic carbocycles. The number of piperazine rings is 1. The van der Waals surface area contributed by atoms with Crippen molar-refractivity contribution >= 4 is 0 Å². The van der Waals surface area contributed by atoms with Crippen molar-refractivity contribution < 1.29 is 170 Å². The number of hydrogen-bond donors (Lipinski definition) is 25. The Hall–Kier alpha value is -3.76. The minimum atomic E-state index is -2.79. The highest BCUT2D eigenvalue weighted by Crippen LogP contribution is 2.33. The molecule has 484 valence electrons. The van der Waals surface area contributed by atoms with E-state index in [0.717, 1.165) is 0 Å². The lowest BCUT2D eigenvalue weighted by Crippen LogP contribution is -2.62. The monoisotopic (exact) mass is 1220 g/mol. The number of rotatable bonds is 13. The molecule has 3 fully saturated rings. The minimum absolute atomic E-state index is 0.00373. The lowest BCUT2D eigenvalue weighted by atomic mass is 9.98. The molecule has 0 radical (unpaired) electrons. The predicted octanol–water partition coefficient (Wildman–Crippen LogP) is -8.63. The van der Waals surface area contributed by atoms with Crippen molar-refractivity contribution in [2.24, 2.45) is 0 Å². The van der Waals surface area contributed by atoms with E-state index in [0.29, 0.717) is 26.2 Å². The van der Waals surface area contributed by atoms with Gasteiger partial charge < -0.3 is 180 Å². The largest absolute Gasteiger partial charge is 0.506 e. The van der Waals surface area contributed by atoms with Gasteiger partial charge in [-0.25, -0.2) is 0 Å². The lowest BCUT2D eigenvalue weighted by molar-refractivity contribution is -0.340. The third kappa shape index (κ3) is 18.9. The van der Waals surface area contributed by atoms with Crippen molar-refractivity contribution in [3.8, 4) is 0 Å². The van der Waals surface area contributed by atoms with Gasteiger partial charge in [0.1, 0.15) is 85.5 Å². The number of hydrogen-bond acceptors (Lipinski definition) is 36. The fraction of sp³-hybridized carbons (Fsp3) is 0.830. The smallest absolute Gasteiger partial charge is 0.218 e. The van der Waals surface area contributed by atoms with Crippen LogP contribution in [0.4, 0.5) is 0 Å². The molecular weight excluding hydrogens is 1140 g/mol. The number of fused-ring (bicyclic) bond motifs is 2. The summed E-state index contributed by atoms with van der Waals surface area (Å²) in [7, 11) is 1.84. The van der Waals surface area contributed by atoms with E-state index in [9.17, 15) is 128 Å². The zero-order valence-electron chi connectivity index (χ0n) is 44.8. The average molecular weight is 1220 g/mol. The molecule has 6 aliphatic rings. The summed E-state index contributed by atoms with van der Waals surface area (Å²) in [5.41, 5.74) is 0. The topological polar surface area (TPSA) is 595 Å². The second-order valence-electron chi connectivity index (χ2n) is 19.6. The van der Waals surface area contributed by atoms with Crippen LogP contribution in [0.3, 0.4) is 0 Å². The van der Waals surface area contributed by atoms with Gasteiger partial charge in [-0.3, -0.25) is 0 Å². The van der Waals surface area contributed by atoms with Crippen LogP contribution in [-0.4, -0.2) is 352 Å². The summed E-state index contributed by atoms with van der Waals surface area (Å²) >= 11 is 0. The second-order valence-corrected chi connectivity index (χ2v) is 19.6. The number of aliphatic hydroxyl groups is 25. The summed E-state index contributed by atoms with van der Waals surface area (Å²) in [6.45, 7) is -3.95. The van der Waals surface area contributed by atoms with Crippen molar-refractivity contribution in [2.45, 2.75) is 168 Å². The van der Waals surface area contributed by atoms with E-state index >= 15 is 0 Å². The predicted molar refractivity (Wildman–Crippen MR) is 266 cm³/mol. The van der Waals surface area contributed by atoms with Crippen LogP contribution in [-0.2, 0) is 42.6 Å². The van der Waals surface area contributed by atoms with Gasteiger partial charge in [0.15, 0.2) is 64.9 Å². The zero-order chi connectivity index (χ0) is 62.2. The number of aliphatic hydroxyl groups excluding tert-OH is 25. The van der Waals surface area contributed by atoms with Gasteiger partial charge in [0.25, 0.3) is 0 Å². The van der Waals surface area contributed by atoms with E-state index in [-0.39, 0.29) is 6.54 Å². The molecule has 22 unspecified atom stereocenters. The molecule has 0 aromatic heterocycles. The average Bonchev–Trinajstić information content (AvgIpc) is 3.65. The molecule has 22 atom stereocenters. The molecule has 6 rings (SSSR count). The molecule has 6 aliphatic heterocycles. The molecule has 6 heterocycles. The van der Waals surface area contributed by atoms with Crippen molar-refractivity contribution in [2.75, 3.05) is 79.4 Å². The van der Waals surface area contributed by atoms with E-state index in [1.807, 2.05) is 16.8 Å². The Morgan fingerprint density at radius 2 is 0.687 bits per heavy atom. The molecule has 83 heavy (non-hydrogen) atoms. The number of likely N-dealkylation sites (N-methyl/N-ethyl adjacent to an activating group) is 1. The Morgan fingerprint density at radius 1 is 0.337 bits per heavy atom. The zero-order valence-corrected chi connectivity index (χ0v) is 44.8. The van der Waals surface area contributed by atoms with Crippen LogP contribution in [0.15, 0.2) is 46.1 Å². The molecule has 4 bridgehead atoms. The maximum Gasteiger partial charge on any atom is 0.218 e. The molecule has 3 saturated heterocycles. The Bertz CT molecular complexity index is 2060. The molecule has 36 heteroatoms. The normalized spacial score (nSPS) is 42.3. The van der Waals surface area contributed by atoms with E-state index in [4.69, 9.17) is 42.6 Å². The molecule has 0 saturated carbocycles. The number of ether oxygens (including phenoxy) is 9. The van der Waals surface area contributed by atoms with Crippen molar-refractivity contribution in [3.05, 3.63) is 46.1 Å². The molecule has 0 spiro atoms. The first kappa shape index (κ1) is 71.7. The van der Waals surface area contributed by atoms with Gasteiger partial charge in [-0.2, -0.15) is 0 Å². The number of nitrogens with zero attached hydrogens (tertiary/aromatic N) is 2. The molecular formula is C47H82N2O34. The highest BCUT2D eigenvalue weighted by atomic mass is 16.7. The standard InChI is InChI=1S/C47H82N2O34/c1-48-8-10-49(11-9-48)7-2-18-25(56)32(63)42(71)77-20(4-13-51)27(58)35(66)44(73)82-39-23(16-54)81-47(38(69)30(39)61)79-22(6-15-53)29(60)36(67)45(74)83-40-24(17-55)80-46(37(68)31(40)62)78-21(5-14-52)28(59)34(65)43(72)76-19(3-12-50)26(57)33(64)41(70)75-18/h18-24,27,30-31,35,37-47,50-74H,2-17H2,1H3/b32-25?,33-26+,34-28+,36-29+. The molecule has 25 N–H and O–H groups in total. The van der Waals surface area contributed by atoms with Gasteiger partial charge >= 0.3 is 0 Å². The Kier molecular flexibility index (Phi) is 29.3. The van der Waals surface area contributed by atoms with Crippen molar-refractivity contribution in [1.82, 2.24) is 9.80 Å². The van der Waals surface area contributed by atoms with Gasteiger partial charge in [0.2, 0.25) is 25.2 Å². The van der Waals surface area contributed by atoms with Crippen molar-refractivity contribution in [3.63, 3.8) is 0 Å². The van der Waals surface area contributed by atoms with Crippen molar-refractivity contribution in [1.29, 1.82) is 0 Å². The van der Waals surface area contributed by atoms with Gasteiger partial charge in [-0.15, -0.1) is 0 Å². The van der Waals surface area contributed by atoms with Gasteiger partial charge in [0, 0.05) is 78.4 Å². The Balaban J connectivity index is 1.81. The van der Waals surface area contributed by atoms with E-state index in [1.54, 1.807) is 0 Å². The summed E-state index contributed by atoms with van der Waals surface area (Å²) in [6, 6.07) is 0. The third-order valence-electron chi connectivity index (χ3n) is 13.8. The minimum Gasteiger partial charge on any atom is -0.506 e. The van der Waals surface area contributed by atoms with E-state index in [1.165, 1.54) is 0 Å². The summed E-state index contributed by atoms with van der Waals surface area (Å²) in [5.74, 6) is -11.8. The maximum atomic E-state index is 11.4. The Labute approximate surface area is 472 Å². The molecule has 0 aromatic rings. The summed E-state index contributed by atoms with van der Waals surface area (Å²) in [6.07, 6.45) is -54.0. The lowest BCUT2D eigenvalue weighted by Gasteiger charge is -2.44. The highest BCUT2D eigenvalue weighted by Gasteiger charge is 2.51. The van der Waals surface area contributed by atoms with Gasteiger partial charge in [-0.1, -0.05) is 0 Å². The SMILES string of the molecule is CN1CCN(CCC2OC(O)/C(O)=C(\O)C(CCO)OC(O)/C(O)=C(\O)C(CCO)OC3OC(CO)C(OC(O)/C(O)=C(\O)C(CCO)OC4OC(CO)C(OC(O)C(O)C(O)C(CCO)OC(O)C(O)=C2O)C(O)C4O)C(O)C3O)CC1. The van der Waals surface area contributed by atoms with Gasteiger partial charge in [0.05, 0.1) is 19.3 Å². The fourth-order valence-corrected chi connectivity index (χ4v) is 8.92. The summed E-state index contributed by atoms with van der Waals surface area (Å²) in [4.78, 5) is 3.82. The van der Waals surface area contributed by atoms with Crippen LogP contribution in [0.25, 0.3) is 0 Å². The maximum absolute atomic E-state index is 11.4. The van der Waals surface area contributed by atoms with Crippen LogP contribution in [0.1, 0.15) is 32.1 Å². The third-order valence-corrected chi connectivity index (χ3v) is 13.8. The molecule has 36 nitrogen and oxygen atoms in total. The quantitative estimate of drug-likeness (QED) is 0.0814. The van der Waals surface area contributed by atoms with Crippen LogP contribution in [0.5, 0.6) is 0 Å².